The molecule has 0 amide bonds. The summed E-state index contributed by atoms with van der Waals surface area (Å²) in [5.74, 6) is 0.0659. The first-order valence-corrected chi connectivity index (χ1v) is 7.88. The van der Waals surface area contributed by atoms with Gasteiger partial charge in [0, 0.05) is 5.39 Å². The van der Waals surface area contributed by atoms with Crippen molar-refractivity contribution in [3.05, 3.63) is 65.2 Å². The Balaban J connectivity index is 2.17. The van der Waals surface area contributed by atoms with Crippen LogP contribution >= 0.6 is 0 Å². The Morgan fingerprint density at radius 3 is 2.35 bits per heavy atom. The van der Waals surface area contributed by atoms with E-state index < -0.39 is 5.97 Å². The molecule has 2 aromatic carbocycles. The highest BCUT2D eigenvalue weighted by Crippen LogP contribution is 2.19. The van der Waals surface area contributed by atoms with Gasteiger partial charge in [-0.15, -0.1) is 0 Å². The monoisotopic (exact) mass is 351 g/mol. The molecule has 6 heteroatoms. The van der Waals surface area contributed by atoms with Crippen molar-refractivity contribution in [2.45, 2.75) is 6.92 Å². The molecule has 0 saturated heterocycles. The van der Waals surface area contributed by atoms with E-state index in [0.29, 0.717) is 33.5 Å². The fraction of sp³-hybridized carbons (Fsp3) is 0.150. The third-order valence-electron chi connectivity index (χ3n) is 3.85. The van der Waals surface area contributed by atoms with E-state index in [1.807, 2.05) is 0 Å². The van der Waals surface area contributed by atoms with Crippen molar-refractivity contribution in [2.24, 2.45) is 4.99 Å². The molecule has 0 aliphatic heterocycles. The van der Waals surface area contributed by atoms with Crippen molar-refractivity contribution in [2.75, 3.05) is 14.2 Å². The number of benzene rings is 2. The van der Waals surface area contributed by atoms with E-state index in [4.69, 9.17) is 13.9 Å². The summed E-state index contributed by atoms with van der Waals surface area (Å²) in [6.07, 6.45) is 0. The number of methoxy groups -OCH3 is 2. The summed E-state index contributed by atoms with van der Waals surface area (Å²) in [7, 11) is 2.90. The quantitative estimate of drug-likeness (QED) is 0.529. The van der Waals surface area contributed by atoms with Crippen molar-refractivity contribution in [1.29, 1.82) is 0 Å². The molecule has 0 N–H and O–H groups in total. The first-order valence-electron chi connectivity index (χ1n) is 7.88. The van der Waals surface area contributed by atoms with E-state index in [0.717, 1.165) is 0 Å². The second-order valence-electron chi connectivity index (χ2n) is 5.58. The van der Waals surface area contributed by atoms with Crippen LogP contribution in [0.5, 0.6) is 5.75 Å². The van der Waals surface area contributed by atoms with Gasteiger partial charge in [-0.25, -0.2) is 9.79 Å². The molecule has 132 valence electrons. The van der Waals surface area contributed by atoms with Crippen LogP contribution in [-0.2, 0) is 4.74 Å². The number of nitrogens with zero attached hydrogens (tertiary/aromatic N) is 1. The Kier molecular flexibility index (Phi) is 4.84. The number of rotatable bonds is 4. The van der Waals surface area contributed by atoms with Gasteiger partial charge in [0.15, 0.2) is 5.78 Å². The molecule has 0 fully saturated rings. The van der Waals surface area contributed by atoms with Crippen LogP contribution in [0.1, 0.15) is 27.6 Å². The lowest BCUT2D eigenvalue weighted by molar-refractivity contribution is 0.0601. The number of esters is 1. The summed E-state index contributed by atoms with van der Waals surface area (Å²) >= 11 is 0. The Hall–Kier alpha value is -3.41. The van der Waals surface area contributed by atoms with E-state index >= 15 is 0 Å². The molecule has 0 bridgehead atoms. The van der Waals surface area contributed by atoms with Gasteiger partial charge in [-0.2, -0.15) is 0 Å². The third-order valence-corrected chi connectivity index (χ3v) is 3.85. The van der Waals surface area contributed by atoms with Gasteiger partial charge in [-0.1, -0.05) is 0 Å². The summed E-state index contributed by atoms with van der Waals surface area (Å²) in [5.41, 5.74) is 2.05. The zero-order valence-corrected chi connectivity index (χ0v) is 14.6. The van der Waals surface area contributed by atoms with Crippen molar-refractivity contribution in [1.82, 2.24) is 0 Å². The summed E-state index contributed by atoms with van der Waals surface area (Å²) in [5, 5.41) is 0.617. The highest BCUT2D eigenvalue weighted by molar-refractivity contribution is 5.98. The second kappa shape index (κ2) is 7.23. The molecule has 6 nitrogen and oxygen atoms in total. The summed E-state index contributed by atoms with van der Waals surface area (Å²) < 4.78 is 15.7. The predicted molar refractivity (Wildman–Crippen MR) is 95.8 cm³/mol. The van der Waals surface area contributed by atoms with E-state index in [1.165, 1.54) is 14.0 Å². The second-order valence-corrected chi connectivity index (χ2v) is 5.58. The van der Waals surface area contributed by atoms with Crippen LogP contribution in [0.15, 0.2) is 57.9 Å². The van der Waals surface area contributed by atoms with Crippen LogP contribution < -0.4 is 10.3 Å². The van der Waals surface area contributed by atoms with Crippen molar-refractivity contribution in [3.63, 3.8) is 0 Å². The van der Waals surface area contributed by atoms with Gasteiger partial charge < -0.3 is 13.9 Å². The molecule has 0 radical (unpaired) electrons. The standard InChI is InChI=1S/C20H17NO5/c1-12(22)17-11-14-10-13(20(23)25-3)4-9-18(14)26-19(17)21-15-5-7-16(24-2)8-6-15/h4-11H,1-3H3. The van der Waals surface area contributed by atoms with Crippen LogP contribution in [-0.4, -0.2) is 26.0 Å². The maximum Gasteiger partial charge on any atom is 0.337 e. The van der Waals surface area contributed by atoms with Gasteiger partial charge in [0.1, 0.15) is 11.3 Å². The molecule has 0 spiro atoms. The summed E-state index contributed by atoms with van der Waals surface area (Å²) in [4.78, 5) is 28.2. The zero-order valence-electron chi connectivity index (χ0n) is 14.6. The number of Topliss-reactive ketones (excluding diaryl/α,β-unsaturated/α-hetero) is 1. The lowest BCUT2D eigenvalue weighted by Crippen LogP contribution is -2.13. The first kappa shape index (κ1) is 17.4. The average Bonchev–Trinajstić information content (AvgIpc) is 2.66. The molecule has 1 heterocycles. The van der Waals surface area contributed by atoms with Crippen LogP contribution in [0.3, 0.4) is 0 Å². The maximum atomic E-state index is 12.0. The SMILES string of the molecule is COC(=O)c1ccc2oc(=Nc3ccc(OC)cc3)c(C(C)=O)cc2c1. The predicted octanol–water partition coefficient (Wildman–Crippen LogP) is 3.66. The molecule has 0 atom stereocenters. The molecular formula is C20H17NO5. The minimum absolute atomic E-state index is 0.189. The van der Waals surface area contributed by atoms with Crippen LogP contribution in [0.2, 0.25) is 0 Å². The zero-order chi connectivity index (χ0) is 18.7. The van der Waals surface area contributed by atoms with Gasteiger partial charge in [0.25, 0.3) is 0 Å². The van der Waals surface area contributed by atoms with Crippen molar-refractivity contribution >= 4 is 28.4 Å². The first-order chi connectivity index (χ1) is 12.5. The van der Waals surface area contributed by atoms with Crippen LogP contribution in [0.4, 0.5) is 5.69 Å². The van der Waals surface area contributed by atoms with Crippen molar-refractivity contribution in [3.8, 4) is 5.75 Å². The van der Waals surface area contributed by atoms with Gasteiger partial charge >= 0.3 is 5.97 Å². The minimum Gasteiger partial charge on any atom is -0.497 e. The summed E-state index contributed by atoms with van der Waals surface area (Å²) in [6, 6.07) is 13.6. The van der Waals surface area contributed by atoms with Gasteiger partial charge in [0.2, 0.25) is 5.55 Å². The highest BCUT2D eigenvalue weighted by atomic mass is 16.5. The molecular weight excluding hydrogens is 334 g/mol. The van der Waals surface area contributed by atoms with Gasteiger partial charge in [0.05, 0.1) is 31.0 Å². The van der Waals surface area contributed by atoms with E-state index in [-0.39, 0.29) is 11.3 Å². The average molecular weight is 351 g/mol. The molecule has 3 aromatic rings. The molecule has 3 rings (SSSR count). The number of carbonyl (C=O) groups excluding carboxylic acids is 2. The van der Waals surface area contributed by atoms with Crippen LogP contribution in [0.25, 0.3) is 11.0 Å². The number of carbonyl (C=O) groups is 2. The third kappa shape index (κ3) is 3.49. The van der Waals surface area contributed by atoms with E-state index in [1.54, 1.807) is 55.6 Å². The van der Waals surface area contributed by atoms with Crippen LogP contribution in [0, 0.1) is 0 Å². The molecule has 0 unspecified atom stereocenters. The fourth-order valence-corrected chi connectivity index (χ4v) is 2.48. The lowest BCUT2D eigenvalue weighted by atomic mass is 10.1. The molecule has 0 aliphatic carbocycles. The van der Waals surface area contributed by atoms with Gasteiger partial charge in [-0.05, 0) is 55.5 Å². The largest absolute Gasteiger partial charge is 0.497 e. The fourth-order valence-electron chi connectivity index (χ4n) is 2.48. The molecule has 0 saturated carbocycles. The number of ether oxygens (including phenoxy) is 2. The Morgan fingerprint density at radius 2 is 1.73 bits per heavy atom. The van der Waals surface area contributed by atoms with E-state index in [2.05, 4.69) is 4.99 Å². The Bertz CT molecular complexity index is 1050. The normalized spacial score (nSPS) is 11.4. The summed E-state index contributed by atoms with van der Waals surface area (Å²) in [6.45, 7) is 1.44. The Morgan fingerprint density at radius 1 is 1.00 bits per heavy atom. The Labute approximate surface area is 149 Å². The number of hydrogen-bond donors (Lipinski definition) is 0. The molecule has 1 aromatic heterocycles. The highest BCUT2D eigenvalue weighted by Gasteiger charge is 2.11. The van der Waals surface area contributed by atoms with Gasteiger partial charge in [-0.3, -0.25) is 4.79 Å². The van der Waals surface area contributed by atoms with Crippen molar-refractivity contribution < 1.29 is 23.5 Å². The smallest absolute Gasteiger partial charge is 0.337 e. The minimum atomic E-state index is -0.455. The number of ketones is 1. The lowest BCUT2D eigenvalue weighted by Gasteiger charge is -2.05. The maximum absolute atomic E-state index is 12.0. The topological polar surface area (TPSA) is 78.1 Å². The molecule has 26 heavy (non-hydrogen) atoms. The number of fused-ring (bicyclic) bond motifs is 1. The van der Waals surface area contributed by atoms with E-state index in [9.17, 15) is 9.59 Å². The molecule has 0 aliphatic rings. The number of hydrogen-bond acceptors (Lipinski definition) is 6.